The lowest BCUT2D eigenvalue weighted by atomic mass is 10.1. The Kier molecular flexibility index (Phi) is 7.31. The maximum atomic E-state index is 12.5. The van der Waals surface area contributed by atoms with Crippen molar-refractivity contribution in [3.63, 3.8) is 0 Å². The van der Waals surface area contributed by atoms with Crippen LogP contribution < -0.4 is 4.72 Å². The molecule has 0 aliphatic carbocycles. The van der Waals surface area contributed by atoms with E-state index in [9.17, 15) is 13.2 Å². The van der Waals surface area contributed by atoms with Gasteiger partial charge in [0.2, 0.25) is 15.9 Å². The van der Waals surface area contributed by atoms with Crippen LogP contribution in [-0.4, -0.2) is 52.8 Å². The Bertz CT molecular complexity index is 935. The fourth-order valence-electron chi connectivity index (χ4n) is 3.20. The van der Waals surface area contributed by atoms with Crippen LogP contribution in [0, 0.1) is 6.92 Å². The minimum Gasteiger partial charge on any atom is -0.342 e. The van der Waals surface area contributed by atoms with E-state index >= 15 is 0 Å². The molecular formula is C19H27N5O3S2. The second kappa shape index (κ2) is 9.73. The maximum absolute atomic E-state index is 12.5. The average molecular weight is 438 g/mol. The number of thioether (sulfide) groups is 1. The van der Waals surface area contributed by atoms with Crippen molar-refractivity contribution >= 4 is 27.7 Å². The van der Waals surface area contributed by atoms with Crippen molar-refractivity contribution < 1.29 is 13.2 Å². The van der Waals surface area contributed by atoms with E-state index < -0.39 is 10.0 Å². The highest BCUT2D eigenvalue weighted by atomic mass is 32.2. The van der Waals surface area contributed by atoms with Crippen LogP contribution in [0.5, 0.6) is 0 Å². The summed E-state index contributed by atoms with van der Waals surface area (Å²) >= 11 is 1.35. The third-order valence-corrected chi connectivity index (χ3v) is 7.26. The molecule has 2 aromatic rings. The summed E-state index contributed by atoms with van der Waals surface area (Å²) in [5.74, 6) is 0.950. The van der Waals surface area contributed by atoms with E-state index in [1.165, 1.54) is 18.2 Å². The fraction of sp³-hybridized carbons (Fsp3) is 0.526. The Labute approximate surface area is 176 Å². The molecule has 10 heteroatoms. The first kappa shape index (κ1) is 21.8. The van der Waals surface area contributed by atoms with Gasteiger partial charge in [-0.2, -0.15) is 0 Å². The molecule has 0 atom stereocenters. The van der Waals surface area contributed by atoms with Gasteiger partial charge in [-0.3, -0.25) is 4.79 Å². The summed E-state index contributed by atoms with van der Waals surface area (Å²) < 4.78 is 29.4. The van der Waals surface area contributed by atoms with Gasteiger partial charge in [-0.05, 0) is 45.2 Å². The lowest BCUT2D eigenvalue weighted by Crippen LogP contribution is -2.36. The molecule has 158 valence electrons. The Morgan fingerprint density at radius 3 is 2.48 bits per heavy atom. The third-order valence-electron chi connectivity index (χ3n) is 4.89. The lowest BCUT2D eigenvalue weighted by molar-refractivity contribution is -0.129. The smallest absolute Gasteiger partial charge is 0.240 e. The number of likely N-dealkylation sites (tertiary alicyclic amines) is 1. The molecule has 29 heavy (non-hydrogen) atoms. The molecule has 1 fully saturated rings. The van der Waals surface area contributed by atoms with Crippen molar-refractivity contribution in [3.8, 4) is 0 Å². The van der Waals surface area contributed by atoms with E-state index in [0.717, 1.165) is 31.5 Å². The number of amides is 1. The molecule has 1 amide bonds. The molecular weight excluding hydrogens is 410 g/mol. The summed E-state index contributed by atoms with van der Waals surface area (Å²) in [6, 6.07) is 6.68. The Hall–Kier alpha value is -1.91. The van der Waals surface area contributed by atoms with Crippen LogP contribution in [0.15, 0.2) is 34.3 Å². The summed E-state index contributed by atoms with van der Waals surface area (Å²) in [6.07, 6.45) is 3.31. The Morgan fingerprint density at radius 1 is 1.14 bits per heavy atom. The normalized spacial score (nSPS) is 14.9. The van der Waals surface area contributed by atoms with Crippen molar-refractivity contribution in [2.45, 2.75) is 56.3 Å². The molecule has 8 nitrogen and oxygen atoms in total. The van der Waals surface area contributed by atoms with Crippen molar-refractivity contribution in [3.05, 3.63) is 35.7 Å². The molecule has 1 N–H and O–H groups in total. The number of hydrogen-bond donors (Lipinski definition) is 1. The summed E-state index contributed by atoms with van der Waals surface area (Å²) in [5.41, 5.74) is 0.996. The van der Waals surface area contributed by atoms with Gasteiger partial charge in [0.1, 0.15) is 5.82 Å². The van der Waals surface area contributed by atoms with Crippen LogP contribution in [0.2, 0.25) is 0 Å². The monoisotopic (exact) mass is 437 g/mol. The van der Waals surface area contributed by atoms with Crippen LogP contribution in [0.1, 0.15) is 37.6 Å². The summed E-state index contributed by atoms with van der Waals surface area (Å²) in [7, 11) is -3.63. The standard InChI is InChI=1S/C19H27N5O3S2/c1-3-24-17(13-20-29(26,27)16-9-7-15(2)8-10-16)21-22-19(24)28-14-18(25)23-11-5-4-6-12-23/h7-10,20H,3-6,11-14H2,1-2H3. The van der Waals surface area contributed by atoms with E-state index in [-0.39, 0.29) is 17.3 Å². The molecule has 0 spiro atoms. The summed E-state index contributed by atoms with van der Waals surface area (Å²) in [5, 5.41) is 8.92. The fourth-order valence-corrected chi connectivity index (χ4v) is 5.10. The zero-order valence-corrected chi connectivity index (χ0v) is 18.4. The van der Waals surface area contributed by atoms with Crippen LogP contribution >= 0.6 is 11.8 Å². The number of aryl methyl sites for hydroxylation is 1. The Balaban J connectivity index is 1.61. The summed E-state index contributed by atoms with van der Waals surface area (Å²) in [6.45, 7) is 6.13. The van der Waals surface area contributed by atoms with Gasteiger partial charge in [0.05, 0.1) is 17.2 Å². The number of aromatic nitrogens is 3. The first-order valence-corrected chi connectivity index (χ1v) is 12.3. The number of rotatable bonds is 8. The zero-order valence-electron chi connectivity index (χ0n) is 16.8. The van der Waals surface area contributed by atoms with Gasteiger partial charge in [0, 0.05) is 19.6 Å². The SMILES string of the molecule is CCn1c(CNS(=O)(=O)c2ccc(C)cc2)nnc1SCC(=O)N1CCCCC1. The molecule has 3 rings (SSSR count). The molecule has 0 radical (unpaired) electrons. The topological polar surface area (TPSA) is 97.2 Å². The molecule has 0 unspecified atom stereocenters. The number of carbonyl (C=O) groups excluding carboxylic acids is 1. The van der Waals surface area contributed by atoms with Gasteiger partial charge in [0.15, 0.2) is 5.16 Å². The number of carbonyl (C=O) groups is 1. The van der Waals surface area contributed by atoms with E-state index in [0.29, 0.717) is 23.3 Å². The largest absolute Gasteiger partial charge is 0.342 e. The number of sulfonamides is 1. The van der Waals surface area contributed by atoms with Gasteiger partial charge in [-0.25, -0.2) is 13.1 Å². The van der Waals surface area contributed by atoms with Crippen LogP contribution in [0.4, 0.5) is 0 Å². The predicted molar refractivity (Wildman–Crippen MR) is 112 cm³/mol. The second-order valence-electron chi connectivity index (χ2n) is 7.01. The second-order valence-corrected chi connectivity index (χ2v) is 9.72. The highest BCUT2D eigenvalue weighted by molar-refractivity contribution is 7.99. The first-order chi connectivity index (χ1) is 13.9. The molecule has 1 saturated heterocycles. The quantitative estimate of drug-likeness (QED) is 0.636. The third kappa shape index (κ3) is 5.58. The van der Waals surface area contributed by atoms with E-state index in [2.05, 4.69) is 14.9 Å². The summed E-state index contributed by atoms with van der Waals surface area (Å²) in [4.78, 5) is 14.5. The first-order valence-electron chi connectivity index (χ1n) is 9.79. The van der Waals surface area contributed by atoms with Gasteiger partial charge in [0.25, 0.3) is 0 Å². The van der Waals surface area contributed by atoms with Crippen LogP contribution in [-0.2, 0) is 27.9 Å². The number of nitrogens with zero attached hydrogens (tertiary/aromatic N) is 4. The number of nitrogens with one attached hydrogen (secondary N) is 1. The number of benzene rings is 1. The molecule has 1 aliphatic rings. The van der Waals surface area contributed by atoms with E-state index in [4.69, 9.17) is 0 Å². The van der Waals surface area contributed by atoms with Gasteiger partial charge >= 0.3 is 0 Å². The van der Waals surface area contributed by atoms with Gasteiger partial charge in [-0.15, -0.1) is 10.2 Å². The average Bonchev–Trinajstić information content (AvgIpc) is 3.13. The van der Waals surface area contributed by atoms with Crippen molar-refractivity contribution in [2.24, 2.45) is 0 Å². The van der Waals surface area contributed by atoms with Gasteiger partial charge in [-0.1, -0.05) is 29.5 Å². The molecule has 0 saturated carbocycles. The molecule has 1 aromatic heterocycles. The Morgan fingerprint density at radius 2 is 1.83 bits per heavy atom. The highest BCUT2D eigenvalue weighted by Crippen LogP contribution is 2.19. The van der Waals surface area contributed by atoms with E-state index in [1.807, 2.05) is 23.3 Å². The molecule has 1 aromatic carbocycles. The van der Waals surface area contributed by atoms with Crippen molar-refractivity contribution in [1.29, 1.82) is 0 Å². The number of hydrogen-bond acceptors (Lipinski definition) is 6. The lowest BCUT2D eigenvalue weighted by Gasteiger charge is -2.26. The van der Waals surface area contributed by atoms with Crippen LogP contribution in [0.3, 0.4) is 0 Å². The molecule has 2 heterocycles. The minimum absolute atomic E-state index is 0.0394. The molecule has 1 aliphatic heterocycles. The highest BCUT2D eigenvalue weighted by Gasteiger charge is 2.20. The minimum atomic E-state index is -3.63. The predicted octanol–water partition coefficient (Wildman–Crippen LogP) is 2.19. The zero-order chi connectivity index (χ0) is 20.9. The van der Waals surface area contributed by atoms with E-state index in [1.54, 1.807) is 24.3 Å². The van der Waals surface area contributed by atoms with Crippen molar-refractivity contribution in [1.82, 2.24) is 24.4 Å². The number of piperidine rings is 1. The van der Waals surface area contributed by atoms with Crippen LogP contribution in [0.25, 0.3) is 0 Å². The van der Waals surface area contributed by atoms with Crippen molar-refractivity contribution in [2.75, 3.05) is 18.8 Å². The molecule has 0 bridgehead atoms. The van der Waals surface area contributed by atoms with Gasteiger partial charge < -0.3 is 9.47 Å². The maximum Gasteiger partial charge on any atom is 0.240 e.